The van der Waals surface area contributed by atoms with Gasteiger partial charge in [-0.25, -0.2) is 8.78 Å². The Labute approximate surface area is 145 Å². The van der Waals surface area contributed by atoms with Crippen molar-refractivity contribution in [3.05, 3.63) is 47.8 Å². The van der Waals surface area contributed by atoms with Crippen molar-refractivity contribution < 1.29 is 26.7 Å². The van der Waals surface area contributed by atoms with Crippen molar-refractivity contribution in [3.8, 4) is 11.1 Å². The summed E-state index contributed by atoms with van der Waals surface area (Å²) in [5, 5.41) is 0. The van der Waals surface area contributed by atoms with Gasteiger partial charge in [0.2, 0.25) is 5.91 Å². The maximum absolute atomic E-state index is 13.2. The Morgan fingerprint density at radius 2 is 1.92 bits per heavy atom. The van der Waals surface area contributed by atoms with Gasteiger partial charge in [-0.1, -0.05) is 12.1 Å². The van der Waals surface area contributed by atoms with Crippen LogP contribution in [0.5, 0.6) is 0 Å². The first kappa shape index (κ1) is 16.9. The van der Waals surface area contributed by atoms with Crippen LogP contribution in [0, 0.1) is 5.92 Å². The Morgan fingerprint density at radius 3 is 2.58 bits per heavy atom. The van der Waals surface area contributed by atoms with Gasteiger partial charge >= 0.3 is 6.18 Å². The lowest BCUT2D eigenvalue weighted by molar-refractivity contribution is -0.137. The molecule has 0 N–H and O–H groups in total. The van der Waals surface area contributed by atoms with Gasteiger partial charge in [-0.3, -0.25) is 9.78 Å². The summed E-state index contributed by atoms with van der Waals surface area (Å²) < 4.78 is 65.1. The van der Waals surface area contributed by atoms with Gasteiger partial charge in [0.1, 0.15) is 0 Å². The second-order valence-corrected chi connectivity index (χ2v) is 6.61. The van der Waals surface area contributed by atoms with Crippen LogP contribution in [-0.4, -0.2) is 23.4 Å². The third-order valence-corrected chi connectivity index (χ3v) is 4.74. The molecule has 2 aliphatic rings. The summed E-state index contributed by atoms with van der Waals surface area (Å²) >= 11 is 0. The molecule has 0 bridgehead atoms. The molecular formula is C18H13F5N2O. The second-order valence-electron chi connectivity index (χ2n) is 6.61. The number of anilines is 1. The van der Waals surface area contributed by atoms with E-state index in [-0.39, 0.29) is 25.3 Å². The van der Waals surface area contributed by atoms with Gasteiger partial charge in [0, 0.05) is 30.6 Å². The molecule has 136 valence electrons. The maximum Gasteiger partial charge on any atom is 0.416 e. The number of nitrogens with zero attached hydrogens (tertiary/aromatic N) is 2. The third-order valence-electron chi connectivity index (χ3n) is 4.74. The van der Waals surface area contributed by atoms with Crippen LogP contribution in [0.25, 0.3) is 11.1 Å². The second kappa shape index (κ2) is 5.49. The normalized spacial score (nSPS) is 21.0. The van der Waals surface area contributed by atoms with E-state index in [9.17, 15) is 26.7 Å². The standard InChI is InChI=1S/C18H13F5N2O/c19-17(20)7-13(17)9-25-15-5-11(8-24-14(15)6-16(25)26)10-2-1-3-12(4-10)18(21,22)23/h1-5,8,13H,6-7,9H2. The average Bonchev–Trinajstić information content (AvgIpc) is 3.05. The monoisotopic (exact) mass is 368 g/mol. The van der Waals surface area contributed by atoms with E-state index >= 15 is 0 Å². The number of pyridine rings is 1. The fourth-order valence-electron chi connectivity index (χ4n) is 3.15. The molecule has 1 fully saturated rings. The highest BCUT2D eigenvalue weighted by Crippen LogP contribution is 2.50. The van der Waals surface area contributed by atoms with E-state index in [1.165, 1.54) is 23.2 Å². The summed E-state index contributed by atoms with van der Waals surface area (Å²) in [7, 11) is 0. The van der Waals surface area contributed by atoms with E-state index in [1.54, 1.807) is 6.07 Å². The lowest BCUT2D eigenvalue weighted by atomic mass is 10.0. The maximum atomic E-state index is 13.2. The van der Waals surface area contributed by atoms with Gasteiger partial charge in [-0.15, -0.1) is 0 Å². The molecule has 1 atom stereocenters. The summed E-state index contributed by atoms with van der Waals surface area (Å²) in [6.45, 7) is -0.105. The zero-order chi connectivity index (χ0) is 18.7. The molecule has 8 heteroatoms. The number of amides is 1. The number of fused-ring (bicyclic) bond motifs is 1. The van der Waals surface area contributed by atoms with E-state index in [0.29, 0.717) is 22.5 Å². The fourth-order valence-corrected chi connectivity index (χ4v) is 3.15. The minimum absolute atomic E-state index is 0.0104. The number of rotatable bonds is 3. The Hall–Kier alpha value is -2.51. The number of hydrogen-bond donors (Lipinski definition) is 0. The van der Waals surface area contributed by atoms with Crippen molar-refractivity contribution in [2.45, 2.75) is 24.9 Å². The first-order valence-electron chi connectivity index (χ1n) is 8.00. The Morgan fingerprint density at radius 1 is 1.19 bits per heavy atom. The minimum atomic E-state index is -4.47. The molecule has 1 saturated carbocycles. The minimum Gasteiger partial charge on any atom is -0.310 e. The number of alkyl halides is 5. The number of carbonyl (C=O) groups excluding carboxylic acids is 1. The first-order chi connectivity index (χ1) is 12.1. The fraction of sp³-hybridized carbons (Fsp3) is 0.333. The van der Waals surface area contributed by atoms with Gasteiger partial charge in [-0.2, -0.15) is 13.2 Å². The summed E-state index contributed by atoms with van der Waals surface area (Å²) in [5.41, 5.74) is 0.756. The number of aromatic nitrogens is 1. The van der Waals surface area contributed by atoms with Crippen molar-refractivity contribution in [3.63, 3.8) is 0 Å². The van der Waals surface area contributed by atoms with E-state index in [4.69, 9.17) is 0 Å². The van der Waals surface area contributed by atoms with Crippen molar-refractivity contribution >= 4 is 11.6 Å². The predicted molar refractivity (Wildman–Crippen MR) is 83.8 cm³/mol. The molecule has 1 aromatic carbocycles. The molecule has 0 radical (unpaired) electrons. The SMILES string of the molecule is O=C1Cc2ncc(-c3cccc(C(F)(F)F)c3)cc2N1CC1CC1(F)F. The molecule has 1 aliphatic heterocycles. The van der Waals surface area contributed by atoms with Crippen LogP contribution in [0.15, 0.2) is 36.5 Å². The Bertz CT molecular complexity index is 893. The largest absolute Gasteiger partial charge is 0.416 e. The molecule has 3 nitrogen and oxygen atoms in total. The topological polar surface area (TPSA) is 33.2 Å². The van der Waals surface area contributed by atoms with E-state index in [0.717, 1.165) is 12.1 Å². The van der Waals surface area contributed by atoms with Crippen molar-refractivity contribution in [1.29, 1.82) is 0 Å². The summed E-state index contributed by atoms with van der Waals surface area (Å²) in [6, 6.07) is 6.31. The summed E-state index contributed by atoms with van der Waals surface area (Å²) in [4.78, 5) is 17.6. The highest BCUT2D eigenvalue weighted by Gasteiger charge is 2.58. The van der Waals surface area contributed by atoms with Crippen LogP contribution in [0.3, 0.4) is 0 Å². The van der Waals surface area contributed by atoms with E-state index < -0.39 is 23.6 Å². The quantitative estimate of drug-likeness (QED) is 0.757. The lowest BCUT2D eigenvalue weighted by Crippen LogP contribution is -2.30. The number of carbonyl (C=O) groups is 1. The number of halogens is 5. The average molecular weight is 368 g/mol. The Balaban J connectivity index is 1.67. The zero-order valence-electron chi connectivity index (χ0n) is 13.4. The van der Waals surface area contributed by atoms with Gasteiger partial charge in [0.15, 0.2) is 0 Å². The smallest absolute Gasteiger partial charge is 0.310 e. The zero-order valence-corrected chi connectivity index (χ0v) is 13.4. The van der Waals surface area contributed by atoms with Crippen molar-refractivity contribution in [1.82, 2.24) is 4.98 Å². The van der Waals surface area contributed by atoms with Crippen molar-refractivity contribution in [2.24, 2.45) is 5.92 Å². The molecular weight excluding hydrogens is 355 g/mol. The third kappa shape index (κ3) is 2.93. The number of hydrogen-bond acceptors (Lipinski definition) is 2. The molecule has 1 aliphatic carbocycles. The summed E-state index contributed by atoms with van der Waals surface area (Å²) in [6.07, 6.45) is -3.32. The molecule has 4 rings (SSSR count). The van der Waals surface area contributed by atoms with Gasteiger partial charge in [0.25, 0.3) is 5.92 Å². The van der Waals surface area contributed by atoms with Crippen LogP contribution in [0.2, 0.25) is 0 Å². The molecule has 1 unspecified atom stereocenters. The predicted octanol–water partition coefficient (Wildman–Crippen LogP) is 4.31. The van der Waals surface area contributed by atoms with E-state index in [1.807, 2.05) is 0 Å². The van der Waals surface area contributed by atoms with Crippen LogP contribution >= 0.6 is 0 Å². The van der Waals surface area contributed by atoms with Crippen LogP contribution in [0.4, 0.5) is 27.6 Å². The molecule has 26 heavy (non-hydrogen) atoms. The summed E-state index contributed by atoms with van der Waals surface area (Å²) in [5.74, 6) is -3.96. The highest BCUT2D eigenvalue weighted by molar-refractivity contribution is 6.01. The molecule has 2 aromatic rings. The Kier molecular flexibility index (Phi) is 3.58. The molecule has 1 aromatic heterocycles. The number of benzene rings is 1. The van der Waals surface area contributed by atoms with Crippen LogP contribution in [-0.2, 0) is 17.4 Å². The van der Waals surface area contributed by atoms with Gasteiger partial charge in [0.05, 0.1) is 23.4 Å². The van der Waals surface area contributed by atoms with Crippen LogP contribution in [0.1, 0.15) is 17.7 Å². The molecule has 0 spiro atoms. The van der Waals surface area contributed by atoms with Gasteiger partial charge in [-0.05, 0) is 23.8 Å². The lowest BCUT2D eigenvalue weighted by Gasteiger charge is -2.17. The van der Waals surface area contributed by atoms with Crippen LogP contribution < -0.4 is 4.90 Å². The van der Waals surface area contributed by atoms with Crippen molar-refractivity contribution in [2.75, 3.05) is 11.4 Å². The molecule has 0 saturated heterocycles. The van der Waals surface area contributed by atoms with E-state index in [2.05, 4.69) is 4.98 Å². The molecule has 2 heterocycles. The molecule has 1 amide bonds. The van der Waals surface area contributed by atoms with Gasteiger partial charge < -0.3 is 4.90 Å². The highest BCUT2D eigenvalue weighted by atomic mass is 19.4. The first-order valence-corrected chi connectivity index (χ1v) is 8.00.